The van der Waals surface area contributed by atoms with Crippen molar-refractivity contribution in [3.05, 3.63) is 54.1 Å². The number of para-hydroxylation sites is 1. The first kappa shape index (κ1) is 20.0. The fraction of sp³-hybridized carbons (Fsp3) is 0.409. The van der Waals surface area contributed by atoms with Crippen molar-refractivity contribution in [1.29, 1.82) is 0 Å². The van der Waals surface area contributed by atoms with Gasteiger partial charge in [0.25, 0.3) is 5.91 Å². The van der Waals surface area contributed by atoms with Gasteiger partial charge in [-0.25, -0.2) is 0 Å². The number of methoxy groups -OCH3 is 1. The van der Waals surface area contributed by atoms with Crippen LogP contribution in [0.2, 0.25) is 0 Å². The number of carbonyl (C=O) groups excluding carboxylic acids is 1. The maximum Gasteiger partial charge on any atom is 0.255 e. The fourth-order valence-electron chi connectivity index (χ4n) is 3.44. The van der Waals surface area contributed by atoms with Crippen molar-refractivity contribution < 1.29 is 9.53 Å². The molecule has 1 fully saturated rings. The lowest BCUT2D eigenvalue weighted by molar-refractivity contribution is 0.0828. The van der Waals surface area contributed by atoms with E-state index in [0.717, 1.165) is 45.0 Å². The molecule has 0 saturated carbocycles. The second-order valence-electron chi connectivity index (χ2n) is 7.20. The van der Waals surface area contributed by atoms with Gasteiger partial charge < -0.3 is 19.9 Å². The van der Waals surface area contributed by atoms with Gasteiger partial charge in [-0.05, 0) is 30.3 Å². The Hall–Kier alpha value is -2.73. The van der Waals surface area contributed by atoms with Crippen LogP contribution in [-0.2, 0) is 0 Å². The third-order valence-corrected chi connectivity index (χ3v) is 5.10. The Bertz CT molecular complexity index is 771. The van der Waals surface area contributed by atoms with Gasteiger partial charge in [0, 0.05) is 64.7 Å². The third kappa shape index (κ3) is 4.95. The minimum atomic E-state index is -0.0297. The number of rotatable bonds is 7. The molecular formula is C22H30N4O2. The van der Waals surface area contributed by atoms with Gasteiger partial charge in [0.1, 0.15) is 5.75 Å². The van der Waals surface area contributed by atoms with Crippen LogP contribution in [0.4, 0.5) is 11.4 Å². The number of hydrogen-bond donors (Lipinski definition) is 1. The minimum Gasteiger partial charge on any atom is -0.497 e. The molecule has 1 aliphatic rings. The number of anilines is 2. The summed E-state index contributed by atoms with van der Waals surface area (Å²) >= 11 is 0. The lowest BCUT2D eigenvalue weighted by Crippen LogP contribution is -2.47. The number of piperazine rings is 1. The van der Waals surface area contributed by atoms with Crippen LogP contribution in [0.15, 0.2) is 48.5 Å². The summed E-state index contributed by atoms with van der Waals surface area (Å²) in [5.41, 5.74) is 2.78. The van der Waals surface area contributed by atoms with E-state index in [9.17, 15) is 4.79 Å². The molecule has 0 aliphatic carbocycles. The van der Waals surface area contributed by atoms with Crippen LogP contribution in [-0.4, -0.2) is 76.2 Å². The molecule has 1 heterocycles. The van der Waals surface area contributed by atoms with Gasteiger partial charge >= 0.3 is 0 Å². The lowest BCUT2D eigenvalue weighted by atomic mass is 10.1. The molecule has 0 unspecified atom stereocenters. The predicted molar refractivity (Wildman–Crippen MR) is 115 cm³/mol. The molecule has 1 N–H and O–H groups in total. The highest BCUT2D eigenvalue weighted by Gasteiger charge is 2.18. The Kier molecular flexibility index (Phi) is 6.76. The van der Waals surface area contributed by atoms with Crippen LogP contribution in [0, 0.1) is 0 Å². The molecule has 0 atom stereocenters. The van der Waals surface area contributed by atoms with Gasteiger partial charge in [-0.15, -0.1) is 0 Å². The topological polar surface area (TPSA) is 48.1 Å². The monoisotopic (exact) mass is 382 g/mol. The number of amides is 1. The molecule has 1 amide bonds. The van der Waals surface area contributed by atoms with Crippen LogP contribution in [0.1, 0.15) is 10.4 Å². The van der Waals surface area contributed by atoms with Crippen molar-refractivity contribution in [2.45, 2.75) is 0 Å². The summed E-state index contributed by atoms with van der Waals surface area (Å²) in [6.07, 6.45) is 0. The zero-order valence-electron chi connectivity index (χ0n) is 17.0. The van der Waals surface area contributed by atoms with Gasteiger partial charge in [0.05, 0.1) is 12.7 Å². The van der Waals surface area contributed by atoms with Crippen molar-refractivity contribution in [2.24, 2.45) is 0 Å². The van der Waals surface area contributed by atoms with E-state index in [2.05, 4.69) is 45.4 Å². The lowest BCUT2D eigenvalue weighted by Gasteiger charge is -2.36. The van der Waals surface area contributed by atoms with Crippen LogP contribution in [0.3, 0.4) is 0 Å². The van der Waals surface area contributed by atoms with E-state index in [1.54, 1.807) is 32.2 Å². The molecule has 0 radical (unpaired) electrons. The first-order valence-electron chi connectivity index (χ1n) is 9.74. The smallest absolute Gasteiger partial charge is 0.255 e. The number of benzene rings is 2. The van der Waals surface area contributed by atoms with Crippen molar-refractivity contribution in [3.63, 3.8) is 0 Å². The van der Waals surface area contributed by atoms with Gasteiger partial charge in [-0.1, -0.05) is 18.2 Å². The summed E-state index contributed by atoms with van der Waals surface area (Å²) in [4.78, 5) is 19.0. The van der Waals surface area contributed by atoms with Crippen LogP contribution < -0.4 is 15.0 Å². The quantitative estimate of drug-likeness (QED) is 0.798. The first-order valence-corrected chi connectivity index (χ1v) is 9.74. The molecule has 150 valence electrons. The molecule has 6 heteroatoms. The molecule has 2 aromatic rings. The largest absolute Gasteiger partial charge is 0.497 e. The number of carbonyl (C=O) groups is 1. The summed E-state index contributed by atoms with van der Waals surface area (Å²) in [6.45, 7) is 5.91. The highest BCUT2D eigenvalue weighted by molar-refractivity contribution is 5.99. The molecule has 3 rings (SSSR count). The Balaban J connectivity index is 1.52. The molecule has 0 spiro atoms. The molecule has 1 aliphatic heterocycles. The average molecular weight is 383 g/mol. The Morgan fingerprint density at radius 2 is 1.79 bits per heavy atom. The van der Waals surface area contributed by atoms with Crippen molar-refractivity contribution in [2.75, 3.05) is 70.7 Å². The Labute approximate surface area is 167 Å². The van der Waals surface area contributed by atoms with E-state index in [1.165, 1.54) is 5.69 Å². The second kappa shape index (κ2) is 9.46. The van der Waals surface area contributed by atoms with Crippen LogP contribution in [0.5, 0.6) is 5.75 Å². The zero-order valence-corrected chi connectivity index (χ0v) is 17.0. The molecule has 6 nitrogen and oxygen atoms in total. The van der Waals surface area contributed by atoms with Crippen molar-refractivity contribution in [3.8, 4) is 5.75 Å². The SMILES string of the molecule is COc1ccc(NCCN2CCN(c3ccccc3)CC2)c(C(=O)N(C)C)c1. The van der Waals surface area contributed by atoms with Crippen molar-refractivity contribution >= 4 is 17.3 Å². The van der Waals surface area contributed by atoms with E-state index < -0.39 is 0 Å². The Morgan fingerprint density at radius 3 is 2.43 bits per heavy atom. The fourth-order valence-corrected chi connectivity index (χ4v) is 3.44. The van der Waals surface area contributed by atoms with Gasteiger partial charge in [-0.2, -0.15) is 0 Å². The molecule has 1 saturated heterocycles. The van der Waals surface area contributed by atoms with Gasteiger partial charge in [0.2, 0.25) is 0 Å². The van der Waals surface area contributed by atoms with Crippen molar-refractivity contribution in [1.82, 2.24) is 9.80 Å². The molecule has 0 bridgehead atoms. The second-order valence-corrected chi connectivity index (χ2v) is 7.20. The maximum atomic E-state index is 12.5. The highest BCUT2D eigenvalue weighted by Crippen LogP contribution is 2.23. The average Bonchev–Trinajstić information content (AvgIpc) is 2.74. The minimum absolute atomic E-state index is 0.0297. The normalized spacial score (nSPS) is 14.6. The summed E-state index contributed by atoms with van der Waals surface area (Å²) in [7, 11) is 5.14. The van der Waals surface area contributed by atoms with E-state index in [4.69, 9.17) is 4.74 Å². The third-order valence-electron chi connectivity index (χ3n) is 5.10. The Morgan fingerprint density at radius 1 is 1.07 bits per heavy atom. The van der Waals surface area contributed by atoms with E-state index in [1.807, 2.05) is 12.1 Å². The summed E-state index contributed by atoms with van der Waals surface area (Å²) in [5.74, 6) is 0.658. The molecule has 0 aromatic heterocycles. The maximum absolute atomic E-state index is 12.5. The number of nitrogens with zero attached hydrogens (tertiary/aromatic N) is 3. The number of nitrogens with one attached hydrogen (secondary N) is 1. The van der Waals surface area contributed by atoms with Gasteiger partial charge in [-0.3, -0.25) is 9.69 Å². The van der Waals surface area contributed by atoms with Crippen LogP contribution >= 0.6 is 0 Å². The molecule has 28 heavy (non-hydrogen) atoms. The highest BCUT2D eigenvalue weighted by atomic mass is 16.5. The standard InChI is InChI=1S/C22H30N4O2/c1-24(2)22(27)20-17-19(28-3)9-10-21(20)23-11-12-25-13-15-26(16-14-25)18-7-5-4-6-8-18/h4-10,17,23H,11-16H2,1-3H3. The summed E-state index contributed by atoms with van der Waals surface area (Å²) in [5, 5.41) is 3.43. The molecular weight excluding hydrogens is 352 g/mol. The van der Waals surface area contributed by atoms with E-state index in [0.29, 0.717) is 11.3 Å². The predicted octanol–water partition coefficient (Wildman–Crippen LogP) is 2.63. The zero-order chi connectivity index (χ0) is 19.9. The summed E-state index contributed by atoms with van der Waals surface area (Å²) < 4.78 is 5.27. The van der Waals surface area contributed by atoms with E-state index >= 15 is 0 Å². The number of ether oxygens (including phenoxy) is 1. The van der Waals surface area contributed by atoms with Crippen LogP contribution in [0.25, 0.3) is 0 Å². The van der Waals surface area contributed by atoms with E-state index in [-0.39, 0.29) is 5.91 Å². The molecule has 2 aromatic carbocycles. The number of hydrogen-bond acceptors (Lipinski definition) is 5. The first-order chi connectivity index (χ1) is 13.6. The van der Waals surface area contributed by atoms with Gasteiger partial charge in [0.15, 0.2) is 0 Å². The summed E-state index contributed by atoms with van der Waals surface area (Å²) in [6, 6.07) is 16.2.